The van der Waals surface area contributed by atoms with Gasteiger partial charge in [-0.3, -0.25) is 28.9 Å². The van der Waals surface area contributed by atoms with Crippen LogP contribution in [0.1, 0.15) is 0 Å². The lowest BCUT2D eigenvalue weighted by molar-refractivity contribution is -0.384. The summed E-state index contributed by atoms with van der Waals surface area (Å²) in [6, 6.07) is 5.85. The van der Waals surface area contributed by atoms with Gasteiger partial charge in [0.2, 0.25) is 0 Å². The maximum absolute atomic E-state index is 10.1. The molecule has 1 aromatic carbocycles. The molecular formula is C6H9ClF4NO2S. The Balaban J connectivity index is -0.0000000667. The van der Waals surface area contributed by atoms with Crippen molar-refractivity contribution in [2.75, 3.05) is 0 Å². The predicted molar refractivity (Wildman–Crippen MR) is 56.2 cm³/mol. The van der Waals surface area contributed by atoms with Gasteiger partial charge >= 0.3 is 0 Å². The third-order valence-electron chi connectivity index (χ3n) is 1.05. The molecule has 1 rings (SSSR count). The van der Waals surface area contributed by atoms with Crippen LogP contribution in [0, 0.1) is 10.1 Å². The van der Waals surface area contributed by atoms with Crippen LogP contribution in [0.5, 0.6) is 0 Å². The molecule has 0 aliphatic carbocycles. The number of nitrogens with zero attached hydrogens (tertiary/aromatic N) is 1. The highest BCUT2D eigenvalue weighted by Crippen LogP contribution is 2.13. The number of rotatable bonds is 1. The van der Waals surface area contributed by atoms with Crippen molar-refractivity contribution in [2.24, 2.45) is 0 Å². The average Bonchev–Trinajstić information content (AvgIpc) is 1.88. The molecular weight excluding hydrogens is 262 g/mol. The van der Waals surface area contributed by atoms with Gasteiger partial charge in [-0.1, -0.05) is 12.6 Å². The van der Waals surface area contributed by atoms with Gasteiger partial charge in [0.25, 0.3) is 5.69 Å². The van der Waals surface area contributed by atoms with Crippen LogP contribution in [-0.4, -0.2) is 4.92 Å². The zero-order valence-corrected chi connectivity index (χ0v) is 8.66. The summed E-state index contributed by atoms with van der Waals surface area (Å²) in [5.74, 6) is 0. The van der Waals surface area contributed by atoms with Crippen molar-refractivity contribution in [1.82, 2.24) is 0 Å². The third kappa shape index (κ3) is 9.16. The fraction of sp³-hybridized carbons (Fsp3) is 0. The van der Waals surface area contributed by atoms with Crippen molar-refractivity contribution in [1.29, 1.82) is 0 Å². The van der Waals surface area contributed by atoms with Crippen LogP contribution in [0.3, 0.4) is 0 Å². The van der Waals surface area contributed by atoms with Crippen LogP contribution in [0.4, 0.5) is 24.5 Å². The Kier molecular flexibility index (Phi) is 25.0. The Bertz CT molecular complexity index is 262. The summed E-state index contributed by atoms with van der Waals surface area (Å²) in [7, 11) is 0. The number of halogens is 5. The maximum atomic E-state index is 10.1. The maximum Gasteiger partial charge on any atom is 0.269 e. The first-order chi connectivity index (χ1) is 4.70. The Hall–Kier alpha value is -1.15. The van der Waals surface area contributed by atoms with Crippen LogP contribution >= 0.6 is 25.0 Å². The van der Waals surface area contributed by atoms with E-state index in [1.165, 1.54) is 24.3 Å². The summed E-state index contributed by atoms with van der Waals surface area (Å²) >= 11 is 4.74. The smallest absolute Gasteiger partial charge is 0.269 e. The number of nitro groups is 1. The average molecular weight is 271 g/mol. The van der Waals surface area contributed by atoms with Crippen molar-refractivity contribution < 1.29 is 23.7 Å². The van der Waals surface area contributed by atoms with Crippen LogP contribution in [0.2, 0.25) is 0 Å². The molecule has 1 radical (unpaired) electrons. The van der Waals surface area contributed by atoms with E-state index in [4.69, 9.17) is 12.6 Å². The number of nitro benzene ring substituents is 1. The number of benzene rings is 1. The second kappa shape index (κ2) is 12.8. The Labute approximate surface area is 94.3 Å². The number of non-ortho nitro benzene ring substituents is 1. The van der Waals surface area contributed by atoms with Crippen molar-refractivity contribution in [2.45, 2.75) is 4.90 Å². The van der Waals surface area contributed by atoms with E-state index in [1.54, 1.807) is 0 Å². The summed E-state index contributed by atoms with van der Waals surface area (Å²) < 4.78 is 0. The lowest BCUT2D eigenvalue weighted by Gasteiger charge is -1.88. The fourth-order valence-corrected chi connectivity index (χ4v) is 0.704. The molecule has 0 fully saturated rings. The van der Waals surface area contributed by atoms with Gasteiger partial charge in [-0.25, -0.2) is 0 Å². The van der Waals surface area contributed by atoms with Gasteiger partial charge in [-0.05, 0) is 12.1 Å². The molecule has 0 saturated heterocycles. The summed E-state index contributed by atoms with van der Waals surface area (Å²) in [5.41, 5.74) is 0.0774. The quantitative estimate of drug-likeness (QED) is 0.447. The molecule has 3 nitrogen and oxygen atoms in total. The molecule has 0 spiro atoms. The standard InChI is InChI=1S/C6H4NO2S.ClH.4FH/c8-7(9)5-1-3-6(10)4-2-5;;;;;/h1-4H;5*1H. The Morgan fingerprint density at radius 1 is 1.00 bits per heavy atom. The highest BCUT2D eigenvalue weighted by atomic mass is 35.5. The predicted octanol–water partition coefficient (Wildman–Crippen LogP) is 3.18. The molecule has 0 atom stereocenters. The minimum absolute atomic E-state index is 0. The minimum Gasteiger partial charge on any atom is -0.269 e. The highest BCUT2D eigenvalue weighted by Gasteiger charge is 2.01. The van der Waals surface area contributed by atoms with E-state index < -0.39 is 4.92 Å². The first kappa shape index (κ1) is 29.2. The van der Waals surface area contributed by atoms with E-state index >= 15 is 0 Å². The van der Waals surface area contributed by atoms with Crippen LogP contribution < -0.4 is 0 Å². The second-order valence-electron chi connectivity index (χ2n) is 1.75. The van der Waals surface area contributed by atoms with E-state index in [9.17, 15) is 10.1 Å². The largest absolute Gasteiger partial charge is 0.269 e. The second-order valence-corrected chi connectivity index (χ2v) is 2.22. The zero-order chi connectivity index (χ0) is 7.56. The normalized spacial score (nSPS) is 6.13. The van der Waals surface area contributed by atoms with Gasteiger partial charge in [0.1, 0.15) is 0 Å². The van der Waals surface area contributed by atoms with Gasteiger partial charge in [-0.15, -0.1) is 12.4 Å². The molecule has 1 aromatic rings. The lowest BCUT2D eigenvalue weighted by Crippen LogP contribution is -1.85. The summed E-state index contributed by atoms with van der Waals surface area (Å²) in [6.07, 6.45) is 0. The monoisotopic (exact) mass is 270 g/mol. The molecule has 0 unspecified atom stereocenters. The van der Waals surface area contributed by atoms with Gasteiger partial charge in [0.15, 0.2) is 0 Å². The van der Waals surface area contributed by atoms with Crippen molar-refractivity contribution in [3.63, 3.8) is 0 Å². The molecule has 0 heterocycles. The van der Waals surface area contributed by atoms with E-state index in [0.29, 0.717) is 4.90 Å². The first-order valence-corrected chi connectivity index (χ1v) is 3.02. The fourth-order valence-electron chi connectivity index (χ4n) is 0.568. The molecule has 0 bridgehead atoms. The van der Waals surface area contributed by atoms with Gasteiger partial charge in [0, 0.05) is 17.0 Å². The van der Waals surface area contributed by atoms with Crippen molar-refractivity contribution >= 4 is 30.7 Å². The van der Waals surface area contributed by atoms with Crippen molar-refractivity contribution in [3.8, 4) is 0 Å². The summed E-state index contributed by atoms with van der Waals surface area (Å²) in [6.45, 7) is 0. The van der Waals surface area contributed by atoms with E-state index in [1.807, 2.05) is 0 Å². The van der Waals surface area contributed by atoms with E-state index in [0.717, 1.165) is 0 Å². The summed E-state index contributed by atoms with van der Waals surface area (Å²) in [4.78, 5) is 10.3. The Morgan fingerprint density at radius 3 is 1.60 bits per heavy atom. The Morgan fingerprint density at radius 2 is 1.33 bits per heavy atom. The van der Waals surface area contributed by atoms with Gasteiger partial charge < -0.3 is 0 Å². The van der Waals surface area contributed by atoms with Crippen LogP contribution in [0.15, 0.2) is 29.2 Å². The van der Waals surface area contributed by atoms with Crippen molar-refractivity contribution in [3.05, 3.63) is 34.4 Å². The molecule has 15 heavy (non-hydrogen) atoms. The lowest BCUT2D eigenvalue weighted by atomic mass is 10.3. The molecule has 0 amide bonds. The number of hydrogen-bond acceptors (Lipinski definition) is 2. The third-order valence-corrected chi connectivity index (χ3v) is 1.32. The number of hydrogen-bond donors (Lipinski definition) is 0. The molecule has 0 saturated carbocycles. The zero-order valence-electron chi connectivity index (χ0n) is 7.02. The molecule has 9 heteroatoms. The topological polar surface area (TPSA) is 43.1 Å². The van der Waals surface area contributed by atoms with E-state index in [2.05, 4.69) is 0 Å². The minimum atomic E-state index is -0.450. The van der Waals surface area contributed by atoms with Gasteiger partial charge in [0.05, 0.1) is 4.92 Å². The van der Waals surface area contributed by atoms with E-state index in [-0.39, 0.29) is 36.9 Å². The molecule has 91 valence electrons. The SMILES string of the molecule is Cl.F.F.F.F.O=[N+]([O-])c1ccc([S])cc1. The highest BCUT2D eigenvalue weighted by molar-refractivity contribution is 7.80. The molecule has 0 aliphatic heterocycles. The van der Waals surface area contributed by atoms with Crippen LogP contribution in [0.25, 0.3) is 0 Å². The molecule has 0 aromatic heterocycles. The molecule has 0 aliphatic rings. The van der Waals surface area contributed by atoms with Crippen LogP contribution in [-0.2, 0) is 0 Å². The summed E-state index contributed by atoms with van der Waals surface area (Å²) in [5, 5.41) is 10.1. The van der Waals surface area contributed by atoms with Gasteiger partial charge in [-0.2, -0.15) is 0 Å². The first-order valence-electron chi connectivity index (χ1n) is 2.61. The molecule has 0 N–H and O–H groups in total.